The smallest absolute Gasteiger partial charge is 0.244 e. The number of hydrogen-bond acceptors (Lipinski definition) is 3. The van der Waals surface area contributed by atoms with Crippen molar-refractivity contribution >= 4 is 11.6 Å². The van der Waals surface area contributed by atoms with Gasteiger partial charge >= 0.3 is 0 Å². The minimum atomic E-state index is -0.123. The van der Waals surface area contributed by atoms with E-state index in [4.69, 9.17) is 4.74 Å². The molecule has 1 unspecified atom stereocenters. The molecule has 1 atom stereocenters. The van der Waals surface area contributed by atoms with E-state index in [0.717, 1.165) is 31.1 Å². The Morgan fingerprint density at radius 1 is 1.04 bits per heavy atom. The van der Waals surface area contributed by atoms with E-state index in [-0.39, 0.29) is 11.9 Å². The number of carbonyl (C=O) groups is 1. The van der Waals surface area contributed by atoms with Gasteiger partial charge < -0.3 is 9.64 Å². The fraction of sp³-hybridized carbons (Fsp3) is 0.350. The highest BCUT2D eigenvalue weighted by Gasteiger charge is 2.32. The van der Waals surface area contributed by atoms with Crippen molar-refractivity contribution in [1.82, 2.24) is 4.90 Å². The van der Waals surface area contributed by atoms with Crippen LogP contribution in [0.25, 0.3) is 0 Å². The third-order valence-electron chi connectivity index (χ3n) is 4.67. The summed E-state index contributed by atoms with van der Waals surface area (Å²) in [5, 5.41) is 0. The highest BCUT2D eigenvalue weighted by Crippen LogP contribution is 2.22. The number of ether oxygens (including phenoxy) is 1. The van der Waals surface area contributed by atoms with E-state index in [0.29, 0.717) is 0 Å². The van der Waals surface area contributed by atoms with Crippen LogP contribution in [0, 0.1) is 6.92 Å². The van der Waals surface area contributed by atoms with Crippen LogP contribution in [0.3, 0.4) is 0 Å². The van der Waals surface area contributed by atoms with Crippen LogP contribution in [-0.4, -0.2) is 37.0 Å². The van der Waals surface area contributed by atoms with Crippen LogP contribution in [0.2, 0.25) is 0 Å². The van der Waals surface area contributed by atoms with E-state index in [9.17, 15) is 4.79 Å². The zero-order chi connectivity index (χ0) is 17.1. The monoisotopic (exact) mass is 324 g/mol. The lowest BCUT2D eigenvalue weighted by Gasteiger charge is -2.39. The Balaban J connectivity index is 1.68. The second kappa shape index (κ2) is 7.05. The van der Waals surface area contributed by atoms with Gasteiger partial charge in [-0.05, 0) is 43.7 Å². The summed E-state index contributed by atoms with van der Waals surface area (Å²) in [6, 6.07) is 16.1. The second-order valence-electron chi connectivity index (χ2n) is 6.32. The number of anilines is 1. The summed E-state index contributed by atoms with van der Waals surface area (Å²) in [6.07, 6.45) is 0. The van der Waals surface area contributed by atoms with E-state index in [2.05, 4.69) is 36.1 Å². The normalized spacial score (nSPS) is 18.7. The number of carbonyl (C=O) groups excluding carboxylic acids is 1. The molecule has 0 spiro atoms. The van der Waals surface area contributed by atoms with Gasteiger partial charge in [-0.2, -0.15) is 0 Å². The number of amides is 1. The number of piperazine rings is 1. The summed E-state index contributed by atoms with van der Waals surface area (Å²) in [6.45, 7) is 6.42. The Morgan fingerprint density at radius 2 is 1.71 bits per heavy atom. The SMILES string of the molecule is COc1ccc(CN2CCN(c3ccc(C)cc3)C(=O)C2C)cc1. The van der Waals surface area contributed by atoms with Gasteiger partial charge in [-0.3, -0.25) is 9.69 Å². The maximum absolute atomic E-state index is 12.8. The molecule has 1 amide bonds. The predicted molar refractivity (Wildman–Crippen MR) is 96.4 cm³/mol. The van der Waals surface area contributed by atoms with Crippen molar-refractivity contribution in [2.24, 2.45) is 0 Å². The first-order chi connectivity index (χ1) is 11.6. The molecule has 4 heteroatoms. The molecule has 2 aromatic carbocycles. The number of nitrogens with zero attached hydrogens (tertiary/aromatic N) is 2. The molecule has 0 radical (unpaired) electrons. The molecule has 2 aromatic rings. The number of methoxy groups -OCH3 is 1. The number of aryl methyl sites for hydroxylation is 1. The van der Waals surface area contributed by atoms with Crippen molar-refractivity contribution in [2.45, 2.75) is 26.4 Å². The molecular formula is C20H24N2O2. The van der Waals surface area contributed by atoms with Gasteiger partial charge in [0.25, 0.3) is 0 Å². The summed E-state index contributed by atoms with van der Waals surface area (Å²) < 4.78 is 5.19. The van der Waals surface area contributed by atoms with E-state index in [1.54, 1.807) is 7.11 Å². The zero-order valence-electron chi connectivity index (χ0n) is 14.5. The molecule has 0 saturated carbocycles. The maximum Gasteiger partial charge on any atom is 0.244 e. The van der Waals surface area contributed by atoms with E-state index in [1.807, 2.05) is 36.1 Å². The van der Waals surface area contributed by atoms with Crippen molar-refractivity contribution < 1.29 is 9.53 Å². The highest BCUT2D eigenvalue weighted by atomic mass is 16.5. The van der Waals surface area contributed by atoms with Crippen LogP contribution in [0.15, 0.2) is 48.5 Å². The molecule has 1 aliphatic rings. The minimum absolute atomic E-state index is 0.123. The Bertz CT molecular complexity index is 695. The number of rotatable bonds is 4. The summed E-state index contributed by atoms with van der Waals surface area (Å²) in [5.41, 5.74) is 3.39. The second-order valence-corrected chi connectivity index (χ2v) is 6.32. The summed E-state index contributed by atoms with van der Waals surface area (Å²) in [5.74, 6) is 1.02. The average Bonchev–Trinajstić information content (AvgIpc) is 2.61. The molecular weight excluding hydrogens is 300 g/mol. The van der Waals surface area contributed by atoms with Crippen LogP contribution in [0.1, 0.15) is 18.1 Å². The van der Waals surface area contributed by atoms with Crippen LogP contribution < -0.4 is 9.64 Å². The fourth-order valence-corrected chi connectivity index (χ4v) is 3.08. The third kappa shape index (κ3) is 3.44. The van der Waals surface area contributed by atoms with Gasteiger partial charge in [-0.25, -0.2) is 0 Å². The highest BCUT2D eigenvalue weighted by molar-refractivity contribution is 5.97. The molecule has 3 rings (SSSR count). The summed E-state index contributed by atoms with van der Waals surface area (Å²) >= 11 is 0. The Hall–Kier alpha value is -2.33. The first-order valence-corrected chi connectivity index (χ1v) is 8.33. The van der Waals surface area contributed by atoms with Crippen molar-refractivity contribution in [1.29, 1.82) is 0 Å². The lowest BCUT2D eigenvalue weighted by Crippen LogP contribution is -2.55. The molecule has 0 aliphatic carbocycles. The summed E-state index contributed by atoms with van der Waals surface area (Å²) in [4.78, 5) is 16.9. The van der Waals surface area contributed by atoms with E-state index < -0.39 is 0 Å². The fourth-order valence-electron chi connectivity index (χ4n) is 3.08. The quantitative estimate of drug-likeness (QED) is 0.865. The van der Waals surface area contributed by atoms with Crippen LogP contribution in [0.4, 0.5) is 5.69 Å². The van der Waals surface area contributed by atoms with Gasteiger partial charge in [0.1, 0.15) is 5.75 Å². The van der Waals surface area contributed by atoms with E-state index >= 15 is 0 Å². The molecule has 24 heavy (non-hydrogen) atoms. The van der Waals surface area contributed by atoms with Gasteiger partial charge in [0, 0.05) is 25.3 Å². The van der Waals surface area contributed by atoms with Gasteiger partial charge in [0.05, 0.1) is 13.2 Å². The van der Waals surface area contributed by atoms with Crippen molar-refractivity contribution in [3.63, 3.8) is 0 Å². The molecule has 126 valence electrons. The Labute approximate surface area is 143 Å². The third-order valence-corrected chi connectivity index (χ3v) is 4.67. The first kappa shape index (κ1) is 16.5. The predicted octanol–water partition coefficient (Wildman–Crippen LogP) is 3.24. The molecule has 4 nitrogen and oxygen atoms in total. The zero-order valence-corrected chi connectivity index (χ0v) is 14.5. The van der Waals surface area contributed by atoms with Gasteiger partial charge in [0.2, 0.25) is 5.91 Å². The average molecular weight is 324 g/mol. The molecule has 1 heterocycles. The Morgan fingerprint density at radius 3 is 2.33 bits per heavy atom. The van der Waals surface area contributed by atoms with Gasteiger partial charge in [-0.1, -0.05) is 29.8 Å². The van der Waals surface area contributed by atoms with Gasteiger partial charge in [0.15, 0.2) is 0 Å². The van der Waals surface area contributed by atoms with E-state index in [1.165, 1.54) is 11.1 Å². The summed E-state index contributed by atoms with van der Waals surface area (Å²) in [7, 11) is 1.67. The largest absolute Gasteiger partial charge is 0.497 e. The van der Waals surface area contributed by atoms with Crippen molar-refractivity contribution in [2.75, 3.05) is 25.1 Å². The molecule has 1 aliphatic heterocycles. The lowest BCUT2D eigenvalue weighted by molar-refractivity contribution is -0.125. The number of benzene rings is 2. The van der Waals surface area contributed by atoms with Crippen LogP contribution >= 0.6 is 0 Å². The Kier molecular flexibility index (Phi) is 4.86. The van der Waals surface area contributed by atoms with Crippen LogP contribution in [-0.2, 0) is 11.3 Å². The molecule has 0 N–H and O–H groups in total. The van der Waals surface area contributed by atoms with Crippen molar-refractivity contribution in [3.8, 4) is 5.75 Å². The molecule has 1 saturated heterocycles. The number of hydrogen-bond donors (Lipinski definition) is 0. The molecule has 0 bridgehead atoms. The maximum atomic E-state index is 12.8. The molecule has 1 fully saturated rings. The van der Waals surface area contributed by atoms with Gasteiger partial charge in [-0.15, -0.1) is 0 Å². The van der Waals surface area contributed by atoms with Crippen LogP contribution in [0.5, 0.6) is 5.75 Å². The van der Waals surface area contributed by atoms with Crippen molar-refractivity contribution in [3.05, 3.63) is 59.7 Å². The molecule has 0 aromatic heterocycles. The topological polar surface area (TPSA) is 32.8 Å². The first-order valence-electron chi connectivity index (χ1n) is 8.33. The minimum Gasteiger partial charge on any atom is -0.497 e. The standard InChI is InChI=1S/C20H24N2O2/c1-15-4-8-18(9-5-15)22-13-12-21(16(2)20(22)23)14-17-6-10-19(24-3)11-7-17/h4-11,16H,12-14H2,1-3H3. The lowest BCUT2D eigenvalue weighted by atomic mass is 10.1.